The maximum absolute atomic E-state index is 10.1. The van der Waals surface area contributed by atoms with Crippen LogP contribution in [0.15, 0.2) is 30.5 Å². The van der Waals surface area contributed by atoms with Gasteiger partial charge in [0.2, 0.25) is 0 Å². The lowest BCUT2D eigenvalue weighted by Gasteiger charge is -2.12. The van der Waals surface area contributed by atoms with Gasteiger partial charge in [-0.3, -0.25) is 4.98 Å². The Balaban J connectivity index is 1.83. The van der Waals surface area contributed by atoms with E-state index in [9.17, 15) is 9.90 Å². The molecule has 1 heterocycles. The highest BCUT2D eigenvalue weighted by Gasteiger charge is 2.05. The van der Waals surface area contributed by atoms with E-state index in [2.05, 4.69) is 15.6 Å². The molecule has 0 aliphatic rings. The topological polar surface area (TPSA) is 112 Å². The molecule has 0 bridgehead atoms. The molecule has 7 nitrogen and oxygen atoms in total. The number of nitrogens with two attached hydrogens (primary N) is 1. The molecule has 0 saturated heterocycles. The normalized spacial score (nSPS) is 10.5. The van der Waals surface area contributed by atoms with Gasteiger partial charge in [-0.1, -0.05) is 18.2 Å². The van der Waals surface area contributed by atoms with Crippen molar-refractivity contribution < 1.29 is 14.6 Å². The number of para-hydroxylation sites is 1. The highest BCUT2D eigenvalue weighted by Crippen LogP contribution is 2.27. The molecule has 4 N–H and O–H groups in total. The third-order valence-electron chi connectivity index (χ3n) is 2.87. The van der Waals surface area contributed by atoms with Crippen molar-refractivity contribution in [3.8, 4) is 0 Å². The van der Waals surface area contributed by atoms with E-state index in [1.807, 2.05) is 24.3 Å². The molecule has 0 unspecified atom stereocenters. The Kier molecular flexibility index (Phi) is 5.16. The minimum atomic E-state index is -1.30. The van der Waals surface area contributed by atoms with Crippen LogP contribution in [0.2, 0.25) is 0 Å². The lowest BCUT2D eigenvalue weighted by Crippen LogP contribution is -2.38. The molecule has 0 atom stereocenters. The molecule has 0 saturated carbocycles. The monoisotopic (exact) mass is 289 g/mol. The van der Waals surface area contributed by atoms with E-state index in [0.717, 1.165) is 16.6 Å². The van der Waals surface area contributed by atoms with Crippen molar-refractivity contribution >= 4 is 28.4 Å². The molecule has 2 rings (SSSR count). The Morgan fingerprint density at radius 1 is 1.29 bits per heavy atom. The molecule has 1 amide bonds. The number of carbonyl (C=O) groups excluding carboxylic acids is 1. The summed E-state index contributed by atoms with van der Waals surface area (Å²) < 4.78 is 5.29. The molecule has 1 aromatic carbocycles. The van der Waals surface area contributed by atoms with Crippen molar-refractivity contribution in [2.24, 2.45) is 0 Å². The Labute approximate surface area is 122 Å². The Hall–Kier alpha value is -2.54. The van der Waals surface area contributed by atoms with Crippen molar-refractivity contribution in [3.63, 3.8) is 0 Å². The van der Waals surface area contributed by atoms with Crippen LogP contribution in [0.4, 0.5) is 16.2 Å². The molecule has 1 aromatic heterocycles. The molecule has 0 aliphatic carbocycles. The smallest absolute Gasteiger partial charge is 0.134 e. The average Bonchev–Trinajstić information content (AvgIpc) is 2.48. The fourth-order valence-electron chi connectivity index (χ4n) is 1.93. The summed E-state index contributed by atoms with van der Waals surface area (Å²) in [5.41, 5.74) is 8.21. The van der Waals surface area contributed by atoms with Gasteiger partial charge in [0.1, 0.15) is 6.09 Å². The van der Waals surface area contributed by atoms with Crippen LogP contribution in [0.3, 0.4) is 0 Å². The van der Waals surface area contributed by atoms with E-state index >= 15 is 0 Å². The Bertz CT molecular complexity index is 618. The number of aromatic nitrogens is 1. The lowest BCUT2D eigenvalue weighted by molar-refractivity contribution is -0.250. The van der Waals surface area contributed by atoms with Crippen molar-refractivity contribution in [3.05, 3.63) is 30.5 Å². The van der Waals surface area contributed by atoms with Crippen molar-refractivity contribution in [2.75, 3.05) is 37.4 Å². The third-order valence-corrected chi connectivity index (χ3v) is 2.87. The van der Waals surface area contributed by atoms with Crippen LogP contribution in [0.1, 0.15) is 0 Å². The maximum Gasteiger partial charge on any atom is 0.134 e. The molecule has 7 heteroatoms. The number of rotatable bonds is 7. The van der Waals surface area contributed by atoms with Crippen LogP contribution >= 0.6 is 0 Å². The van der Waals surface area contributed by atoms with Gasteiger partial charge >= 0.3 is 0 Å². The highest BCUT2D eigenvalue weighted by atomic mass is 16.5. The summed E-state index contributed by atoms with van der Waals surface area (Å²) in [5.74, 6) is 0. The first-order chi connectivity index (χ1) is 10.2. The minimum Gasteiger partial charge on any atom is -0.530 e. The van der Waals surface area contributed by atoms with E-state index in [-0.39, 0.29) is 6.54 Å². The van der Waals surface area contributed by atoms with Gasteiger partial charge in [0.15, 0.2) is 0 Å². The predicted octanol–water partition coefficient (Wildman–Crippen LogP) is 0.178. The predicted molar refractivity (Wildman–Crippen MR) is 78.9 cm³/mol. The molecule has 112 valence electrons. The van der Waals surface area contributed by atoms with Gasteiger partial charge in [-0.25, -0.2) is 0 Å². The van der Waals surface area contributed by atoms with Crippen LogP contribution in [-0.4, -0.2) is 37.4 Å². The standard InChI is InChI=1S/C14H18N4O3/c15-11-9-18-12-4-2-1-3-10(12)13(11)16-5-7-21-8-6-17-14(19)20/h1-4,9,17H,5-8,15H2,(H,16,18)(H,19,20)/p-1. The zero-order chi connectivity index (χ0) is 15.1. The number of nitrogen functional groups attached to an aromatic ring is 1. The fraction of sp³-hybridized carbons (Fsp3) is 0.286. The van der Waals surface area contributed by atoms with E-state index in [1.165, 1.54) is 0 Å². The molecular formula is C14H17N4O3-. The molecular weight excluding hydrogens is 272 g/mol. The number of nitrogens with one attached hydrogen (secondary N) is 2. The number of hydrogen-bond acceptors (Lipinski definition) is 6. The van der Waals surface area contributed by atoms with Crippen LogP contribution < -0.4 is 21.5 Å². The van der Waals surface area contributed by atoms with Gasteiger partial charge in [0.05, 0.1) is 36.3 Å². The first-order valence-corrected chi connectivity index (χ1v) is 6.58. The van der Waals surface area contributed by atoms with Gasteiger partial charge in [-0.15, -0.1) is 0 Å². The highest BCUT2D eigenvalue weighted by molar-refractivity contribution is 5.96. The second-order valence-electron chi connectivity index (χ2n) is 4.36. The summed E-state index contributed by atoms with van der Waals surface area (Å²) in [5, 5.41) is 16.4. The van der Waals surface area contributed by atoms with Crippen LogP contribution in [0.5, 0.6) is 0 Å². The number of pyridine rings is 1. The Morgan fingerprint density at radius 2 is 2.05 bits per heavy atom. The van der Waals surface area contributed by atoms with Crippen molar-refractivity contribution in [2.45, 2.75) is 0 Å². The van der Waals surface area contributed by atoms with Crippen molar-refractivity contribution in [1.29, 1.82) is 0 Å². The zero-order valence-electron chi connectivity index (χ0n) is 11.5. The summed E-state index contributed by atoms with van der Waals surface area (Å²) in [6.07, 6.45) is 0.322. The van der Waals surface area contributed by atoms with Gasteiger partial charge in [0, 0.05) is 18.5 Å². The number of hydrogen-bond donors (Lipinski definition) is 3. The summed E-state index contributed by atoms with van der Waals surface area (Å²) >= 11 is 0. The Morgan fingerprint density at radius 3 is 2.86 bits per heavy atom. The van der Waals surface area contributed by atoms with E-state index in [1.54, 1.807) is 6.20 Å². The van der Waals surface area contributed by atoms with Crippen LogP contribution in [0.25, 0.3) is 10.9 Å². The number of carbonyl (C=O) groups is 1. The number of benzene rings is 1. The molecule has 0 radical (unpaired) electrons. The van der Waals surface area contributed by atoms with Crippen molar-refractivity contribution in [1.82, 2.24) is 10.3 Å². The van der Waals surface area contributed by atoms with Crippen LogP contribution in [-0.2, 0) is 4.74 Å². The summed E-state index contributed by atoms with van der Waals surface area (Å²) in [4.78, 5) is 14.4. The van der Waals surface area contributed by atoms with Gasteiger partial charge in [-0.2, -0.15) is 0 Å². The molecule has 0 aliphatic heterocycles. The van der Waals surface area contributed by atoms with Gasteiger partial charge in [-0.05, 0) is 6.07 Å². The van der Waals surface area contributed by atoms with Gasteiger partial charge in [0.25, 0.3) is 0 Å². The second kappa shape index (κ2) is 7.30. The number of fused-ring (bicyclic) bond motifs is 1. The largest absolute Gasteiger partial charge is 0.530 e. The minimum absolute atomic E-state index is 0.211. The molecule has 21 heavy (non-hydrogen) atoms. The quantitative estimate of drug-likeness (QED) is 0.627. The average molecular weight is 289 g/mol. The number of anilines is 2. The van der Waals surface area contributed by atoms with E-state index < -0.39 is 6.09 Å². The first kappa shape index (κ1) is 14.9. The number of amides is 1. The third kappa shape index (κ3) is 4.22. The number of carboxylic acid groups (broad SMARTS) is 1. The first-order valence-electron chi connectivity index (χ1n) is 6.58. The van der Waals surface area contributed by atoms with Gasteiger partial charge < -0.3 is 31.0 Å². The van der Waals surface area contributed by atoms with E-state index in [4.69, 9.17) is 10.5 Å². The van der Waals surface area contributed by atoms with E-state index in [0.29, 0.717) is 25.4 Å². The lowest BCUT2D eigenvalue weighted by atomic mass is 10.1. The summed E-state index contributed by atoms with van der Waals surface area (Å²) in [6, 6.07) is 7.72. The summed E-state index contributed by atoms with van der Waals surface area (Å²) in [6.45, 7) is 1.50. The number of ether oxygens (including phenoxy) is 1. The maximum atomic E-state index is 10.1. The summed E-state index contributed by atoms with van der Waals surface area (Å²) in [7, 11) is 0. The SMILES string of the molecule is Nc1cnc2ccccc2c1NCCOCCNC(=O)[O-]. The second-order valence-corrected chi connectivity index (χ2v) is 4.36. The fourth-order valence-corrected chi connectivity index (χ4v) is 1.93. The zero-order valence-corrected chi connectivity index (χ0v) is 11.5. The molecule has 2 aromatic rings. The van der Waals surface area contributed by atoms with Crippen LogP contribution in [0, 0.1) is 0 Å². The molecule has 0 spiro atoms. The number of nitrogens with zero attached hydrogens (tertiary/aromatic N) is 1. The molecule has 0 fully saturated rings.